The molecule has 0 aliphatic carbocycles. The molecule has 2 aromatic carbocycles. The minimum absolute atomic E-state index is 0.00486. The van der Waals surface area contributed by atoms with Gasteiger partial charge >= 0.3 is 0 Å². The molecule has 0 N–H and O–H groups in total. The van der Waals surface area contributed by atoms with Crippen LogP contribution in [0.4, 0.5) is 4.39 Å². The molecule has 3 nitrogen and oxygen atoms in total. The highest BCUT2D eigenvalue weighted by molar-refractivity contribution is 5.77. The van der Waals surface area contributed by atoms with Gasteiger partial charge in [-0.05, 0) is 30.7 Å². The second kappa shape index (κ2) is 7.50. The van der Waals surface area contributed by atoms with E-state index in [2.05, 4.69) is 11.9 Å². The molecule has 0 spiro atoms. The minimum Gasteiger partial charge on any atom is -0.268 e. The summed E-state index contributed by atoms with van der Waals surface area (Å²) in [5, 5.41) is 0.663. The van der Waals surface area contributed by atoms with E-state index in [4.69, 9.17) is 0 Å². The van der Waals surface area contributed by atoms with Crippen LogP contribution < -0.4 is 5.56 Å². The zero-order chi connectivity index (χ0) is 15.9. The molecular weight excluding hydrogens is 279 g/mol. The number of aromatic nitrogens is 2. The topological polar surface area (TPSA) is 34.9 Å². The summed E-state index contributed by atoms with van der Waals surface area (Å²) in [5.74, 6) is 0.822. The Morgan fingerprint density at radius 3 is 2.32 bits per heavy atom. The Labute approximate surface area is 129 Å². The molecule has 0 saturated heterocycles. The molecule has 0 amide bonds. The summed E-state index contributed by atoms with van der Waals surface area (Å²) in [5.41, 5.74) is 1.65. The lowest BCUT2D eigenvalue weighted by molar-refractivity contribution is 0.636. The van der Waals surface area contributed by atoms with Crippen LogP contribution >= 0.6 is 0 Å². The van der Waals surface area contributed by atoms with E-state index in [1.54, 1.807) is 4.57 Å². The molecular formula is C18H19FN2O. The largest absolute Gasteiger partial charge is 0.268 e. The van der Waals surface area contributed by atoms with E-state index in [1.165, 1.54) is 0 Å². The smallest absolute Gasteiger partial charge is 0.265 e. The van der Waals surface area contributed by atoms with Gasteiger partial charge in [0.25, 0.3) is 5.56 Å². The van der Waals surface area contributed by atoms with Crippen molar-refractivity contribution < 1.29 is 4.39 Å². The van der Waals surface area contributed by atoms with E-state index in [-0.39, 0.29) is 5.56 Å². The number of aryl methyl sites for hydroxylation is 1. The molecule has 0 bridgehead atoms. The third-order valence-electron chi connectivity index (χ3n) is 3.33. The molecule has 4 heteroatoms. The Bertz CT molecular complexity index is 797. The van der Waals surface area contributed by atoms with Crippen LogP contribution in [0, 0.1) is 0 Å². The summed E-state index contributed by atoms with van der Waals surface area (Å²) in [6, 6.07) is 17.2. The van der Waals surface area contributed by atoms with E-state index in [0.717, 1.165) is 29.9 Å². The van der Waals surface area contributed by atoms with E-state index in [1.807, 2.05) is 54.6 Å². The van der Waals surface area contributed by atoms with Crippen LogP contribution in [0.2, 0.25) is 0 Å². The predicted octanol–water partition coefficient (Wildman–Crippen LogP) is 3.92. The van der Waals surface area contributed by atoms with E-state index in [0.29, 0.717) is 12.6 Å². The van der Waals surface area contributed by atoms with Gasteiger partial charge in [-0.3, -0.25) is 13.8 Å². The van der Waals surface area contributed by atoms with E-state index >= 15 is 0 Å². The number of hydrogen-bond acceptors (Lipinski definition) is 2. The summed E-state index contributed by atoms with van der Waals surface area (Å²) in [4.78, 5) is 17.4. The fourth-order valence-corrected chi connectivity index (χ4v) is 2.41. The standard InChI is InChI=1S/C17H16N2O.CH3F/c1-2-8-16-18-15-12-7-6-11-14(15)17(20)19(16)13-9-4-3-5-10-13;1-2/h3-7,9-12H,2,8H2,1H3;1H3. The SMILES string of the molecule is CCCc1nc2ccccc2c(=O)n1-c1ccccc1.CF. The van der Waals surface area contributed by atoms with Gasteiger partial charge in [0.15, 0.2) is 0 Å². The number of fused-ring (bicyclic) bond motifs is 1. The van der Waals surface area contributed by atoms with Crippen LogP contribution in [0.25, 0.3) is 16.6 Å². The van der Waals surface area contributed by atoms with Crippen molar-refractivity contribution in [3.8, 4) is 5.69 Å². The summed E-state index contributed by atoms with van der Waals surface area (Å²) in [6.45, 7) is 2.09. The zero-order valence-corrected chi connectivity index (χ0v) is 12.8. The second-order valence-corrected chi connectivity index (χ2v) is 4.77. The van der Waals surface area contributed by atoms with Crippen molar-refractivity contribution in [3.05, 3.63) is 70.8 Å². The predicted molar refractivity (Wildman–Crippen MR) is 88.4 cm³/mol. The van der Waals surface area contributed by atoms with Crippen LogP contribution in [-0.2, 0) is 6.42 Å². The number of benzene rings is 2. The van der Waals surface area contributed by atoms with Gasteiger partial charge in [0, 0.05) is 6.42 Å². The quantitative estimate of drug-likeness (QED) is 0.734. The van der Waals surface area contributed by atoms with Gasteiger partial charge in [-0.1, -0.05) is 37.3 Å². The lowest BCUT2D eigenvalue weighted by Crippen LogP contribution is -2.23. The van der Waals surface area contributed by atoms with Gasteiger partial charge in [0.05, 0.1) is 23.8 Å². The van der Waals surface area contributed by atoms with Crippen molar-refractivity contribution in [3.63, 3.8) is 0 Å². The normalized spacial score (nSPS) is 10.1. The van der Waals surface area contributed by atoms with Gasteiger partial charge in [-0.25, -0.2) is 4.98 Å². The highest BCUT2D eigenvalue weighted by Gasteiger charge is 2.11. The van der Waals surface area contributed by atoms with E-state index < -0.39 is 0 Å². The van der Waals surface area contributed by atoms with Crippen molar-refractivity contribution in [2.45, 2.75) is 19.8 Å². The monoisotopic (exact) mass is 298 g/mol. The van der Waals surface area contributed by atoms with Gasteiger partial charge in [-0.2, -0.15) is 0 Å². The van der Waals surface area contributed by atoms with Crippen LogP contribution in [0.1, 0.15) is 19.2 Å². The molecule has 3 rings (SSSR count). The number of alkyl halides is 1. The Balaban J connectivity index is 0.000000847. The van der Waals surface area contributed by atoms with Crippen LogP contribution in [0.3, 0.4) is 0 Å². The van der Waals surface area contributed by atoms with Crippen molar-refractivity contribution in [1.82, 2.24) is 9.55 Å². The number of para-hydroxylation sites is 2. The molecule has 1 aromatic heterocycles. The van der Waals surface area contributed by atoms with Crippen LogP contribution in [0.15, 0.2) is 59.4 Å². The van der Waals surface area contributed by atoms with Gasteiger partial charge < -0.3 is 0 Å². The average molecular weight is 298 g/mol. The fourth-order valence-electron chi connectivity index (χ4n) is 2.41. The van der Waals surface area contributed by atoms with Crippen molar-refractivity contribution in [2.24, 2.45) is 0 Å². The summed E-state index contributed by atoms with van der Waals surface area (Å²) < 4.78 is 11.2. The summed E-state index contributed by atoms with van der Waals surface area (Å²) >= 11 is 0. The maximum atomic E-state index is 12.7. The van der Waals surface area contributed by atoms with Gasteiger partial charge in [0.2, 0.25) is 0 Å². The third-order valence-corrected chi connectivity index (χ3v) is 3.33. The molecule has 0 fully saturated rings. The first kappa shape index (κ1) is 15.9. The molecule has 114 valence electrons. The second-order valence-electron chi connectivity index (χ2n) is 4.77. The number of rotatable bonds is 3. The van der Waals surface area contributed by atoms with Crippen molar-refractivity contribution >= 4 is 10.9 Å². The van der Waals surface area contributed by atoms with Crippen molar-refractivity contribution in [2.75, 3.05) is 7.18 Å². The number of halogens is 1. The third kappa shape index (κ3) is 3.06. The molecule has 0 atom stereocenters. The van der Waals surface area contributed by atoms with Crippen LogP contribution in [-0.4, -0.2) is 16.7 Å². The van der Waals surface area contributed by atoms with E-state index in [9.17, 15) is 9.18 Å². The maximum absolute atomic E-state index is 12.7. The van der Waals surface area contributed by atoms with Gasteiger partial charge in [-0.15, -0.1) is 0 Å². The highest BCUT2D eigenvalue weighted by atomic mass is 19.1. The Morgan fingerprint density at radius 2 is 1.64 bits per heavy atom. The minimum atomic E-state index is 0.00486. The first-order chi connectivity index (χ1) is 10.8. The van der Waals surface area contributed by atoms with Crippen molar-refractivity contribution in [1.29, 1.82) is 0 Å². The lowest BCUT2D eigenvalue weighted by atomic mass is 10.2. The molecule has 22 heavy (non-hydrogen) atoms. The molecule has 0 aliphatic rings. The summed E-state index contributed by atoms with van der Waals surface area (Å²) in [6.07, 6.45) is 1.74. The summed E-state index contributed by atoms with van der Waals surface area (Å²) in [7, 11) is 0.500. The van der Waals surface area contributed by atoms with Gasteiger partial charge in [0.1, 0.15) is 5.82 Å². The molecule has 0 unspecified atom stereocenters. The first-order valence-electron chi connectivity index (χ1n) is 7.25. The average Bonchev–Trinajstić information content (AvgIpc) is 2.58. The Morgan fingerprint density at radius 1 is 1.00 bits per heavy atom. The van der Waals surface area contributed by atoms with Crippen LogP contribution in [0.5, 0.6) is 0 Å². The highest BCUT2D eigenvalue weighted by Crippen LogP contribution is 2.13. The Kier molecular flexibility index (Phi) is 5.42. The first-order valence-corrected chi connectivity index (χ1v) is 7.25. The zero-order valence-electron chi connectivity index (χ0n) is 12.8. The fraction of sp³-hybridized carbons (Fsp3) is 0.222. The maximum Gasteiger partial charge on any atom is 0.265 e. The number of nitrogens with zero attached hydrogens (tertiary/aromatic N) is 2. The molecule has 0 aliphatic heterocycles. The Hall–Kier alpha value is -2.49. The lowest BCUT2D eigenvalue weighted by Gasteiger charge is -2.12. The molecule has 0 radical (unpaired) electrons. The molecule has 0 saturated carbocycles. The molecule has 1 heterocycles. The molecule has 3 aromatic rings. The number of hydrogen-bond donors (Lipinski definition) is 0.